The van der Waals surface area contributed by atoms with Crippen LogP contribution in [-0.4, -0.2) is 36.6 Å². The molecule has 102 valence electrons. The van der Waals surface area contributed by atoms with Crippen LogP contribution in [0.1, 0.15) is 5.56 Å². The Hall–Kier alpha value is -1.88. The monoisotopic (exact) mass is 282 g/mol. The predicted octanol–water partition coefficient (Wildman–Crippen LogP) is 0.268. The Morgan fingerprint density at radius 1 is 1.26 bits per heavy atom. The summed E-state index contributed by atoms with van der Waals surface area (Å²) in [6.45, 7) is -0.162. The van der Waals surface area contributed by atoms with Gasteiger partial charge in [0, 0.05) is 0 Å². The molecule has 1 rings (SSSR count). The third-order valence-electron chi connectivity index (χ3n) is 2.48. The molecule has 0 aliphatic carbocycles. The fourth-order valence-electron chi connectivity index (χ4n) is 1.57. The highest BCUT2D eigenvalue weighted by atomic mass is 35.5. The lowest BCUT2D eigenvalue weighted by molar-refractivity contribution is -0.126. The Morgan fingerprint density at radius 2 is 1.95 bits per heavy atom. The van der Waals surface area contributed by atoms with Crippen LogP contribution in [0.2, 0.25) is 0 Å². The summed E-state index contributed by atoms with van der Waals surface area (Å²) in [6.07, 6.45) is 0.800. The smallest absolute Gasteiger partial charge is 0.239 e. The van der Waals surface area contributed by atoms with Crippen molar-refractivity contribution in [2.45, 2.75) is 12.5 Å². The number of halogens is 1. The number of hydrogen-bond donors (Lipinski definition) is 2. The lowest BCUT2D eigenvalue weighted by atomic mass is 10.0. The molecular weight excluding hydrogens is 268 g/mol. The molecule has 0 fully saturated rings. The third kappa shape index (κ3) is 5.52. The van der Waals surface area contributed by atoms with Crippen molar-refractivity contribution < 1.29 is 14.4 Å². The molecule has 0 aliphatic heterocycles. The fraction of sp³-hybridized carbons (Fsp3) is 0.308. The van der Waals surface area contributed by atoms with Crippen molar-refractivity contribution in [2.24, 2.45) is 0 Å². The number of rotatable bonds is 8. The number of alkyl halides is 1. The van der Waals surface area contributed by atoms with Crippen LogP contribution >= 0.6 is 11.6 Å². The molecule has 0 bridgehead atoms. The summed E-state index contributed by atoms with van der Waals surface area (Å²) >= 11 is 5.53. The minimum atomic E-state index is -0.680. The van der Waals surface area contributed by atoms with E-state index in [0.29, 0.717) is 12.8 Å². The van der Waals surface area contributed by atoms with Gasteiger partial charge in [0.05, 0.1) is 18.5 Å². The van der Waals surface area contributed by atoms with Crippen molar-refractivity contribution in [3.05, 3.63) is 35.9 Å². The molecule has 5 nitrogen and oxygen atoms in total. The molecule has 0 aromatic heterocycles. The van der Waals surface area contributed by atoms with Gasteiger partial charge in [-0.15, -0.1) is 11.6 Å². The van der Waals surface area contributed by atoms with Crippen LogP contribution < -0.4 is 10.6 Å². The van der Waals surface area contributed by atoms with Crippen molar-refractivity contribution in [1.29, 1.82) is 0 Å². The van der Waals surface area contributed by atoms with Gasteiger partial charge < -0.3 is 10.6 Å². The van der Waals surface area contributed by atoms with E-state index >= 15 is 0 Å². The molecule has 2 N–H and O–H groups in total. The van der Waals surface area contributed by atoms with Crippen LogP contribution in [0, 0.1) is 0 Å². The SMILES string of the molecule is O=CNCC(=O)N[C@@H](Cc1ccccc1)C(=O)CCl. The lowest BCUT2D eigenvalue weighted by Gasteiger charge is -2.16. The first-order chi connectivity index (χ1) is 9.17. The molecule has 6 heteroatoms. The molecule has 0 radical (unpaired) electrons. The topological polar surface area (TPSA) is 75.3 Å². The largest absolute Gasteiger partial charge is 0.350 e. The van der Waals surface area contributed by atoms with E-state index in [1.807, 2.05) is 30.3 Å². The van der Waals surface area contributed by atoms with Crippen LogP contribution in [0.5, 0.6) is 0 Å². The van der Waals surface area contributed by atoms with Gasteiger partial charge in [-0.25, -0.2) is 0 Å². The minimum absolute atomic E-state index is 0.162. The second kappa shape index (κ2) is 8.26. The summed E-state index contributed by atoms with van der Waals surface area (Å²) in [5.74, 6) is -0.852. The van der Waals surface area contributed by atoms with Crippen LogP contribution in [0.25, 0.3) is 0 Å². The standard InChI is InChI=1S/C13H15ClN2O3/c14-7-12(18)11(16-13(19)8-15-9-17)6-10-4-2-1-3-5-10/h1-5,9,11H,6-8H2,(H,15,17)(H,16,19)/t11-/m0/s1. The van der Waals surface area contributed by atoms with Crippen LogP contribution in [0.15, 0.2) is 30.3 Å². The number of carbonyl (C=O) groups is 3. The summed E-state index contributed by atoms with van der Waals surface area (Å²) in [5, 5.41) is 4.79. The molecule has 0 unspecified atom stereocenters. The summed E-state index contributed by atoms with van der Waals surface area (Å²) in [4.78, 5) is 33.3. The highest BCUT2D eigenvalue weighted by molar-refractivity contribution is 6.28. The summed E-state index contributed by atoms with van der Waals surface area (Å²) in [5.41, 5.74) is 0.926. The maximum absolute atomic E-state index is 11.7. The Balaban J connectivity index is 2.64. The van der Waals surface area contributed by atoms with Crippen molar-refractivity contribution in [1.82, 2.24) is 10.6 Å². The van der Waals surface area contributed by atoms with E-state index in [9.17, 15) is 14.4 Å². The van der Waals surface area contributed by atoms with Gasteiger partial charge in [0.1, 0.15) is 0 Å². The van der Waals surface area contributed by atoms with E-state index in [0.717, 1.165) is 5.56 Å². The van der Waals surface area contributed by atoms with Gasteiger partial charge in [0.15, 0.2) is 5.78 Å². The zero-order valence-corrected chi connectivity index (χ0v) is 11.0. The van der Waals surface area contributed by atoms with E-state index in [2.05, 4.69) is 10.6 Å². The maximum atomic E-state index is 11.7. The van der Waals surface area contributed by atoms with Gasteiger partial charge in [0.25, 0.3) is 0 Å². The zero-order valence-electron chi connectivity index (χ0n) is 10.3. The number of benzene rings is 1. The molecule has 1 aromatic carbocycles. The predicted molar refractivity (Wildman–Crippen MR) is 71.9 cm³/mol. The number of ketones is 1. The molecule has 0 heterocycles. The molecule has 0 aliphatic rings. The van der Waals surface area contributed by atoms with E-state index < -0.39 is 11.9 Å². The van der Waals surface area contributed by atoms with Gasteiger partial charge in [-0.3, -0.25) is 14.4 Å². The van der Waals surface area contributed by atoms with E-state index in [1.54, 1.807) is 0 Å². The number of nitrogens with one attached hydrogen (secondary N) is 2. The van der Waals surface area contributed by atoms with Crippen molar-refractivity contribution in [3.8, 4) is 0 Å². The highest BCUT2D eigenvalue weighted by Gasteiger charge is 2.19. The van der Waals surface area contributed by atoms with Crippen molar-refractivity contribution >= 4 is 29.7 Å². The van der Waals surface area contributed by atoms with Gasteiger partial charge in [0.2, 0.25) is 12.3 Å². The average molecular weight is 283 g/mol. The third-order valence-corrected chi connectivity index (χ3v) is 2.75. The molecule has 1 aromatic rings. The zero-order chi connectivity index (χ0) is 14.1. The van der Waals surface area contributed by atoms with Crippen molar-refractivity contribution in [2.75, 3.05) is 12.4 Å². The lowest BCUT2D eigenvalue weighted by Crippen LogP contribution is -2.46. The molecule has 0 saturated carbocycles. The van der Waals surface area contributed by atoms with Gasteiger partial charge in [-0.05, 0) is 12.0 Å². The second-order valence-electron chi connectivity index (χ2n) is 3.91. The van der Waals surface area contributed by atoms with E-state index in [1.165, 1.54) is 0 Å². The van der Waals surface area contributed by atoms with E-state index in [4.69, 9.17) is 11.6 Å². The number of Topliss-reactive ketones (excluding diaryl/α,β-unsaturated/α-hetero) is 1. The Labute approximate surface area is 116 Å². The number of hydrogen-bond acceptors (Lipinski definition) is 3. The first kappa shape index (κ1) is 15.2. The number of amides is 2. The van der Waals surface area contributed by atoms with Gasteiger partial charge >= 0.3 is 0 Å². The first-order valence-corrected chi connectivity index (χ1v) is 6.29. The molecular formula is C13H15ClN2O3. The van der Waals surface area contributed by atoms with Crippen molar-refractivity contribution in [3.63, 3.8) is 0 Å². The highest BCUT2D eigenvalue weighted by Crippen LogP contribution is 2.04. The summed E-state index contributed by atoms with van der Waals surface area (Å²) < 4.78 is 0. The van der Waals surface area contributed by atoms with Gasteiger partial charge in [-0.1, -0.05) is 30.3 Å². The van der Waals surface area contributed by atoms with Crippen LogP contribution in [0.4, 0.5) is 0 Å². The second-order valence-corrected chi connectivity index (χ2v) is 4.18. The first-order valence-electron chi connectivity index (χ1n) is 5.76. The molecule has 19 heavy (non-hydrogen) atoms. The summed E-state index contributed by atoms with van der Waals surface area (Å²) in [7, 11) is 0. The Morgan fingerprint density at radius 3 is 2.53 bits per heavy atom. The quantitative estimate of drug-likeness (QED) is 0.531. The molecule has 2 amide bonds. The molecule has 0 spiro atoms. The molecule has 0 saturated heterocycles. The Kier molecular flexibility index (Phi) is 6.60. The maximum Gasteiger partial charge on any atom is 0.239 e. The normalized spacial score (nSPS) is 11.4. The average Bonchev–Trinajstić information content (AvgIpc) is 2.44. The Bertz CT molecular complexity index is 437. The minimum Gasteiger partial charge on any atom is -0.350 e. The van der Waals surface area contributed by atoms with Crippen LogP contribution in [0.3, 0.4) is 0 Å². The van der Waals surface area contributed by atoms with Crippen LogP contribution in [-0.2, 0) is 20.8 Å². The fourth-order valence-corrected chi connectivity index (χ4v) is 1.75. The van der Waals surface area contributed by atoms with E-state index in [-0.39, 0.29) is 18.2 Å². The summed E-state index contributed by atoms with van der Waals surface area (Å²) in [6, 6.07) is 8.63. The molecule has 1 atom stereocenters. The van der Waals surface area contributed by atoms with Gasteiger partial charge in [-0.2, -0.15) is 0 Å². The number of carbonyl (C=O) groups excluding carboxylic acids is 3.